The van der Waals surface area contributed by atoms with E-state index in [2.05, 4.69) is 9.93 Å². The van der Waals surface area contributed by atoms with Crippen LogP contribution in [0.2, 0.25) is 0 Å². The average molecular weight is 466 g/mol. The molecule has 0 radical (unpaired) electrons. The summed E-state index contributed by atoms with van der Waals surface area (Å²) in [6.07, 6.45) is 2.03. The van der Waals surface area contributed by atoms with Crippen molar-refractivity contribution in [3.8, 4) is 0 Å². The molecule has 4 rings (SSSR count). The zero-order valence-corrected chi connectivity index (χ0v) is 19.8. The Morgan fingerprint density at radius 1 is 1.06 bits per heavy atom. The van der Waals surface area contributed by atoms with Gasteiger partial charge in [-0.1, -0.05) is 48.0 Å². The molecule has 1 N–H and O–H groups in total. The second-order valence-electron chi connectivity index (χ2n) is 8.32. The molecule has 172 valence electrons. The molecule has 2 aromatic carbocycles. The Balaban J connectivity index is 1.58. The minimum atomic E-state index is -3.79. The molecule has 1 amide bonds. The van der Waals surface area contributed by atoms with Gasteiger partial charge in [0, 0.05) is 31.1 Å². The highest BCUT2D eigenvalue weighted by Crippen LogP contribution is 2.30. The van der Waals surface area contributed by atoms with Crippen molar-refractivity contribution in [1.82, 2.24) is 9.73 Å². The Hall–Kier alpha value is -3.39. The zero-order valence-electron chi connectivity index (χ0n) is 19.0. The first-order valence-corrected chi connectivity index (χ1v) is 12.3. The number of nitrogens with zero attached hydrogens (tertiary/aromatic N) is 2. The van der Waals surface area contributed by atoms with Crippen molar-refractivity contribution in [2.45, 2.75) is 44.6 Å². The highest BCUT2D eigenvalue weighted by molar-refractivity contribution is 7.89. The fourth-order valence-electron chi connectivity index (χ4n) is 3.97. The number of benzene rings is 2. The Morgan fingerprint density at radius 2 is 1.76 bits per heavy atom. The van der Waals surface area contributed by atoms with Crippen LogP contribution in [-0.4, -0.2) is 32.0 Å². The van der Waals surface area contributed by atoms with E-state index in [-0.39, 0.29) is 16.6 Å². The predicted molar refractivity (Wildman–Crippen MR) is 127 cm³/mol. The van der Waals surface area contributed by atoms with E-state index in [9.17, 15) is 13.2 Å². The van der Waals surface area contributed by atoms with Crippen molar-refractivity contribution in [3.63, 3.8) is 0 Å². The number of carbonyl (C=O) groups excluding carboxylic acids is 1. The lowest BCUT2D eigenvalue weighted by Crippen LogP contribution is -2.26. The minimum Gasteiger partial charge on any atom is -0.455 e. The van der Waals surface area contributed by atoms with Crippen LogP contribution in [0.15, 0.2) is 69.0 Å². The molecule has 0 atom stereocenters. The van der Waals surface area contributed by atoms with Gasteiger partial charge in [0.25, 0.3) is 15.9 Å². The molecule has 0 unspecified atom stereocenters. The quantitative estimate of drug-likeness (QED) is 0.553. The molecular formula is C25H27N3O4S. The van der Waals surface area contributed by atoms with Gasteiger partial charge in [-0.15, -0.1) is 0 Å². The first kappa shape index (κ1) is 22.8. The van der Waals surface area contributed by atoms with Crippen LogP contribution in [0.1, 0.15) is 51.4 Å². The Labute approximate surface area is 194 Å². The van der Waals surface area contributed by atoms with Gasteiger partial charge in [-0.2, -0.15) is 18.4 Å². The highest BCUT2D eigenvalue weighted by atomic mass is 32.2. The summed E-state index contributed by atoms with van der Waals surface area (Å²) in [5.41, 5.74) is 3.99. The van der Waals surface area contributed by atoms with Gasteiger partial charge in [0.15, 0.2) is 5.76 Å². The molecule has 1 aromatic heterocycles. The van der Waals surface area contributed by atoms with E-state index in [1.54, 1.807) is 36.2 Å². The maximum atomic E-state index is 13.1. The second kappa shape index (κ2) is 9.23. The number of furan rings is 1. The molecule has 0 fully saturated rings. The van der Waals surface area contributed by atoms with Crippen LogP contribution in [0.3, 0.4) is 0 Å². The normalized spacial score (nSPS) is 14.7. The summed E-state index contributed by atoms with van der Waals surface area (Å²) in [6.45, 7) is 4.18. The van der Waals surface area contributed by atoms with E-state index in [1.807, 2.05) is 44.2 Å². The molecule has 1 aliphatic rings. The number of hydrogen-bond acceptors (Lipinski definition) is 5. The van der Waals surface area contributed by atoms with E-state index >= 15 is 0 Å². The number of carbonyl (C=O) groups is 1. The molecule has 0 spiro atoms. The van der Waals surface area contributed by atoms with Crippen LogP contribution in [-0.2, 0) is 23.0 Å². The van der Waals surface area contributed by atoms with Crippen molar-refractivity contribution in [3.05, 3.63) is 88.4 Å². The first-order chi connectivity index (χ1) is 15.8. The lowest BCUT2D eigenvalue weighted by molar-refractivity contribution is 0.0750. The van der Waals surface area contributed by atoms with Gasteiger partial charge in [0.2, 0.25) is 0 Å². The van der Waals surface area contributed by atoms with Crippen molar-refractivity contribution < 1.29 is 17.6 Å². The summed E-state index contributed by atoms with van der Waals surface area (Å²) >= 11 is 0. The van der Waals surface area contributed by atoms with E-state index in [0.717, 1.165) is 23.1 Å². The maximum Gasteiger partial charge on any atom is 0.289 e. The lowest BCUT2D eigenvalue weighted by atomic mass is 9.93. The van der Waals surface area contributed by atoms with Crippen LogP contribution < -0.4 is 4.83 Å². The number of hydrogen-bond donors (Lipinski definition) is 1. The largest absolute Gasteiger partial charge is 0.455 e. The summed E-state index contributed by atoms with van der Waals surface area (Å²) in [6, 6.07) is 16.3. The van der Waals surface area contributed by atoms with Gasteiger partial charge in [-0.3, -0.25) is 4.79 Å². The van der Waals surface area contributed by atoms with Gasteiger partial charge < -0.3 is 9.32 Å². The van der Waals surface area contributed by atoms with Crippen molar-refractivity contribution in [2.24, 2.45) is 5.10 Å². The SMILES string of the molecule is Cc1ccc(S(=O)(=O)N/N=C2\CCCc3oc(C(=O)N(C)Cc4ccccc4)c(C)c32)cc1. The van der Waals surface area contributed by atoms with E-state index in [4.69, 9.17) is 4.42 Å². The summed E-state index contributed by atoms with van der Waals surface area (Å²) in [5.74, 6) is 0.725. The molecule has 3 aromatic rings. The molecule has 1 aliphatic carbocycles. The summed E-state index contributed by atoms with van der Waals surface area (Å²) in [7, 11) is -2.06. The number of fused-ring (bicyclic) bond motifs is 1. The molecule has 33 heavy (non-hydrogen) atoms. The Kier molecular flexibility index (Phi) is 6.37. The number of amides is 1. The lowest BCUT2D eigenvalue weighted by Gasteiger charge is -2.16. The summed E-state index contributed by atoms with van der Waals surface area (Å²) in [5, 5.41) is 4.23. The number of hydrazone groups is 1. The first-order valence-electron chi connectivity index (χ1n) is 10.8. The zero-order chi connectivity index (χ0) is 23.6. The Bertz CT molecular complexity index is 1290. The van der Waals surface area contributed by atoms with E-state index in [0.29, 0.717) is 36.4 Å². The average Bonchev–Trinajstić information content (AvgIpc) is 3.15. The molecule has 0 saturated carbocycles. The third-order valence-electron chi connectivity index (χ3n) is 5.76. The van der Waals surface area contributed by atoms with E-state index in [1.165, 1.54) is 0 Å². The van der Waals surface area contributed by atoms with Gasteiger partial charge in [0.1, 0.15) is 5.76 Å². The van der Waals surface area contributed by atoms with Gasteiger partial charge in [0.05, 0.1) is 10.6 Å². The van der Waals surface area contributed by atoms with Crippen LogP contribution in [0.4, 0.5) is 0 Å². The number of sulfonamides is 1. The molecule has 7 nitrogen and oxygen atoms in total. The molecule has 0 aliphatic heterocycles. The van der Waals surface area contributed by atoms with Crippen LogP contribution in [0, 0.1) is 13.8 Å². The maximum absolute atomic E-state index is 13.1. The third-order valence-corrected chi connectivity index (χ3v) is 6.99. The van der Waals surface area contributed by atoms with Gasteiger partial charge in [-0.05, 0) is 44.4 Å². The Morgan fingerprint density at radius 3 is 2.45 bits per heavy atom. The number of rotatable bonds is 6. The summed E-state index contributed by atoms with van der Waals surface area (Å²) < 4.78 is 31.3. The molecule has 8 heteroatoms. The minimum absolute atomic E-state index is 0.149. The topological polar surface area (TPSA) is 92.0 Å². The summed E-state index contributed by atoms with van der Waals surface area (Å²) in [4.78, 5) is 17.2. The number of aryl methyl sites for hydroxylation is 2. The van der Waals surface area contributed by atoms with Gasteiger partial charge >= 0.3 is 0 Å². The monoisotopic (exact) mass is 465 g/mol. The van der Waals surface area contributed by atoms with Crippen LogP contribution >= 0.6 is 0 Å². The van der Waals surface area contributed by atoms with Crippen molar-refractivity contribution in [2.75, 3.05) is 7.05 Å². The number of nitrogens with one attached hydrogen (secondary N) is 1. The second-order valence-corrected chi connectivity index (χ2v) is 9.98. The third kappa shape index (κ3) is 4.85. The molecule has 1 heterocycles. The highest BCUT2D eigenvalue weighted by Gasteiger charge is 2.29. The fraction of sp³-hybridized carbons (Fsp3) is 0.280. The predicted octanol–water partition coefficient (Wildman–Crippen LogP) is 4.19. The van der Waals surface area contributed by atoms with Crippen molar-refractivity contribution in [1.29, 1.82) is 0 Å². The standard InChI is InChI=1S/C25H27N3O4S/c1-17-12-14-20(15-13-17)33(30,31)27-26-21-10-7-11-22-23(21)18(2)24(32-22)25(29)28(3)16-19-8-5-4-6-9-19/h4-6,8-9,12-15,27H,7,10-11,16H2,1-3H3/b26-21+. The van der Waals surface area contributed by atoms with Crippen LogP contribution in [0.25, 0.3) is 0 Å². The van der Waals surface area contributed by atoms with Crippen molar-refractivity contribution >= 4 is 21.6 Å². The van der Waals surface area contributed by atoms with Gasteiger partial charge in [-0.25, -0.2) is 0 Å². The molecule has 0 saturated heterocycles. The smallest absolute Gasteiger partial charge is 0.289 e. The van der Waals surface area contributed by atoms with Crippen LogP contribution in [0.5, 0.6) is 0 Å². The molecule has 0 bridgehead atoms. The fourth-order valence-corrected chi connectivity index (χ4v) is 4.80. The van der Waals surface area contributed by atoms with E-state index < -0.39 is 10.0 Å². The molecular weight excluding hydrogens is 438 g/mol.